The van der Waals surface area contributed by atoms with Crippen molar-refractivity contribution in [3.05, 3.63) is 0 Å². The summed E-state index contributed by atoms with van der Waals surface area (Å²) in [5.74, 6) is 0. The van der Waals surface area contributed by atoms with Crippen LogP contribution in [-0.4, -0.2) is 27.1 Å². The summed E-state index contributed by atoms with van der Waals surface area (Å²) in [4.78, 5) is 0. The van der Waals surface area contributed by atoms with Gasteiger partial charge in [0.05, 0.1) is 12.7 Å². The topological polar surface area (TPSA) is 21.8 Å². The van der Waals surface area contributed by atoms with Crippen molar-refractivity contribution < 1.29 is 9.16 Å². The van der Waals surface area contributed by atoms with Gasteiger partial charge in [-0.1, -0.05) is 20.8 Å². The summed E-state index contributed by atoms with van der Waals surface area (Å²) < 4.78 is 11.3. The molecule has 1 saturated heterocycles. The van der Waals surface area contributed by atoms with Crippen LogP contribution in [0.4, 0.5) is 0 Å². The van der Waals surface area contributed by atoms with Crippen LogP contribution < -0.4 is 0 Å². The third-order valence-electron chi connectivity index (χ3n) is 3.25. The Morgan fingerprint density at radius 2 is 1.77 bits per heavy atom. The van der Waals surface area contributed by atoms with Crippen LogP contribution in [-0.2, 0) is 9.16 Å². The van der Waals surface area contributed by atoms with E-state index in [0.29, 0.717) is 17.2 Å². The lowest BCUT2D eigenvalue weighted by Crippen LogP contribution is -2.41. The normalized spacial score (nSPS) is 29.1. The number of hydrogen-bond acceptors (Lipinski definition) is 2. The Morgan fingerprint density at radius 1 is 1.31 bits per heavy atom. The Kier molecular flexibility index (Phi) is 2.91. The van der Waals surface area contributed by atoms with E-state index in [4.69, 9.17) is 9.16 Å². The number of ether oxygens (including phenoxy) is 1. The van der Waals surface area contributed by atoms with Gasteiger partial charge in [-0.3, -0.25) is 0 Å². The third kappa shape index (κ3) is 2.79. The van der Waals surface area contributed by atoms with Gasteiger partial charge < -0.3 is 9.16 Å². The van der Waals surface area contributed by atoms with Crippen LogP contribution in [0, 0.1) is 0 Å². The lowest BCUT2D eigenvalue weighted by Gasteiger charge is -2.35. The standard InChI is InChI=1S/C10H22O2Si/c1-8-9(12-8)7-11-13(5,6)10(2,3)4/h8-9H,7H2,1-6H3/t8-,9-/m0/s1. The summed E-state index contributed by atoms with van der Waals surface area (Å²) in [5.41, 5.74) is 0. The number of hydrogen-bond donors (Lipinski definition) is 0. The zero-order valence-electron chi connectivity index (χ0n) is 9.68. The molecule has 0 aromatic carbocycles. The maximum Gasteiger partial charge on any atom is 0.192 e. The molecule has 0 aromatic rings. The fraction of sp³-hybridized carbons (Fsp3) is 1.00. The molecule has 0 radical (unpaired) electrons. The second kappa shape index (κ2) is 3.37. The fourth-order valence-electron chi connectivity index (χ4n) is 0.912. The molecule has 1 heterocycles. The Hall–Kier alpha value is 0.137. The molecule has 0 N–H and O–H groups in total. The molecule has 0 spiro atoms. The van der Waals surface area contributed by atoms with Crippen LogP contribution in [0.25, 0.3) is 0 Å². The molecular weight excluding hydrogens is 180 g/mol. The predicted molar refractivity (Wildman–Crippen MR) is 57.5 cm³/mol. The zero-order valence-corrected chi connectivity index (χ0v) is 10.7. The highest BCUT2D eigenvalue weighted by atomic mass is 28.4. The minimum absolute atomic E-state index is 0.311. The molecule has 13 heavy (non-hydrogen) atoms. The SMILES string of the molecule is C[C@@H]1O[C@H]1CO[Si](C)(C)C(C)(C)C. The molecular formula is C10H22O2Si. The van der Waals surface area contributed by atoms with Crippen molar-refractivity contribution in [2.24, 2.45) is 0 Å². The van der Waals surface area contributed by atoms with Crippen LogP contribution in [0.5, 0.6) is 0 Å². The lowest BCUT2D eigenvalue weighted by molar-refractivity contribution is 0.242. The molecule has 1 rings (SSSR count). The van der Waals surface area contributed by atoms with Crippen molar-refractivity contribution >= 4 is 8.32 Å². The van der Waals surface area contributed by atoms with Crippen LogP contribution in [0.1, 0.15) is 27.7 Å². The third-order valence-corrected chi connectivity index (χ3v) is 7.75. The van der Waals surface area contributed by atoms with Crippen LogP contribution in [0.15, 0.2) is 0 Å². The maximum atomic E-state index is 6.00. The minimum Gasteiger partial charge on any atom is -0.414 e. The van der Waals surface area contributed by atoms with Gasteiger partial charge in [0.15, 0.2) is 8.32 Å². The molecule has 0 unspecified atom stereocenters. The Bertz CT molecular complexity index is 184. The highest BCUT2D eigenvalue weighted by molar-refractivity contribution is 6.74. The van der Waals surface area contributed by atoms with Gasteiger partial charge in [0, 0.05) is 0 Å². The quantitative estimate of drug-likeness (QED) is 0.518. The van der Waals surface area contributed by atoms with Crippen molar-refractivity contribution in [2.75, 3.05) is 6.61 Å². The Labute approximate surface area is 82.7 Å². The van der Waals surface area contributed by atoms with Crippen molar-refractivity contribution in [2.45, 2.75) is 58.0 Å². The first-order chi connectivity index (χ1) is 5.74. The molecule has 0 amide bonds. The molecule has 1 fully saturated rings. The summed E-state index contributed by atoms with van der Waals surface area (Å²) in [6.45, 7) is 14.2. The van der Waals surface area contributed by atoms with E-state index in [1.54, 1.807) is 0 Å². The van der Waals surface area contributed by atoms with Crippen molar-refractivity contribution in [1.29, 1.82) is 0 Å². The predicted octanol–water partition coefficient (Wildman–Crippen LogP) is 2.80. The van der Waals surface area contributed by atoms with Crippen molar-refractivity contribution in [1.82, 2.24) is 0 Å². The highest BCUT2D eigenvalue weighted by Gasteiger charge is 2.41. The van der Waals surface area contributed by atoms with E-state index in [2.05, 4.69) is 40.8 Å². The fourth-order valence-corrected chi connectivity index (χ4v) is 1.93. The van der Waals surface area contributed by atoms with Gasteiger partial charge in [-0.25, -0.2) is 0 Å². The van der Waals surface area contributed by atoms with Gasteiger partial charge >= 0.3 is 0 Å². The van der Waals surface area contributed by atoms with Crippen molar-refractivity contribution in [3.8, 4) is 0 Å². The van der Waals surface area contributed by atoms with Crippen LogP contribution in [0.2, 0.25) is 18.1 Å². The van der Waals surface area contributed by atoms with Gasteiger partial charge in [0.2, 0.25) is 0 Å². The number of epoxide rings is 1. The van der Waals surface area contributed by atoms with E-state index in [9.17, 15) is 0 Å². The monoisotopic (exact) mass is 202 g/mol. The maximum absolute atomic E-state index is 6.00. The molecule has 1 aliphatic heterocycles. The Balaban J connectivity index is 2.34. The van der Waals surface area contributed by atoms with E-state index in [1.165, 1.54) is 0 Å². The van der Waals surface area contributed by atoms with Gasteiger partial charge in [-0.05, 0) is 25.1 Å². The molecule has 0 saturated carbocycles. The Morgan fingerprint density at radius 3 is 2.08 bits per heavy atom. The first kappa shape index (κ1) is 11.2. The van der Waals surface area contributed by atoms with Crippen LogP contribution in [0.3, 0.4) is 0 Å². The summed E-state index contributed by atoms with van der Waals surface area (Å²) in [6, 6.07) is 0. The van der Waals surface area contributed by atoms with E-state index >= 15 is 0 Å². The second-order valence-electron chi connectivity index (χ2n) is 5.45. The smallest absolute Gasteiger partial charge is 0.192 e. The van der Waals surface area contributed by atoms with E-state index in [1.807, 2.05) is 0 Å². The second-order valence-corrected chi connectivity index (χ2v) is 10.3. The summed E-state index contributed by atoms with van der Waals surface area (Å²) in [6.07, 6.45) is 0.791. The first-order valence-electron chi connectivity index (χ1n) is 5.03. The molecule has 2 nitrogen and oxygen atoms in total. The average Bonchev–Trinajstić information content (AvgIpc) is 2.60. The van der Waals surface area contributed by atoms with Crippen LogP contribution >= 0.6 is 0 Å². The van der Waals surface area contributed by atoms with E-state index in [0.717, 1.165) is 6.61 Å². The van der Waals surface area contributed by atoms with Crippen molar-refractivity contribution in [3.63, 3.8) is 0 Å². The number of rotatable bonds is 3. The molecule has 0 aliphatic carbocycles. The molecule has 1 aliphatic rings. The largest absolute Gasteiger partial charge is 0.414 e. The van der Waals surface area contributed by atoms with Gasteiger partial charge in [0.1, 0.15) is 6.10 Å². The van der Waals surface area contributed by atoms with Gasteiger partial charge in [-0.2, -0.15) is 0 Å². The molecule has 0 bridgehead atoms. The summed E-state index contributed by atoms with van der Waals surface area (Å²) in [5, 5.41) is 0.311. The molecule has 3 heteroatoms. The highest BCUT2D eigenvalue weighted by Crippen LogP contribution is 2.37. The lowest BCUT2D eigenvalue weighted by atomic mass is 10.2. The molecule has 2 atom stereocenters. The first-order valence-corrected chi connectivity index (χ1v) is 7.94. The average molecular weight is 202 g/mol. The minimum atomic E-state index is -1.54. The molecule has 78 valence electrons. The van der Waals surface area contributed by atoms with E-state index < -0.39 is 8.32 Å². The van der Waals surface area contributed by atoms with Gasteiger partial charge in [0.25, 0.3) is 0 Å². The summed E-state index contributed by atoms with van der Waals surface area (Å²) in [7, 11) is -1.54. The molecule has 0 aromatic heterocycles. The van der Waals surface area contributed by atoms with Gasteiger partial charge in [-0.15, -0.1) is 0 Å². The van der Waals surface area contributed by atoms with E-state index in [-0.39, 0.29) is 0 Å². The zero-order chi connectivity index (χ0) is 10.3. The summed E-state index contributed by atoms with van der Waals surface area (Å²) >= 11 is 0.